The van der Waals surface area contributed by atoms with Crippen molar-refractivity contribution in [3.05, 3.63) is 70.5 Å². The van der Waals surface area contributed by atoms with Crippen LogP contribution < -0.4 is 5.32 Å². The molecule has 0 bridgehead atoms. The molecule has 2 atom stereocenters. The van der Waals surface area contributed by atoms with Gasteiger partial charge in [0, 0.05) is 17.6 Å². The first kappa shape index (κ1) is 13.3. The molecule has 2 aromatic carbocycles. The molecule has 0 saturated carbocycles. The quantitative estimate of drug-likeness (QED) is 0.866. The zero-order valence-electron chi connectivity index (χ0n) is 12.0. The van der Waals surface area contributed by atoms with E-state index < -0.39 is 0 Å². The summed E-state index contributed by atoms with van der Waals surface area (Å²) in [4.78, 5) is 0. The van der Waals surface area contributed by atoms with E-state index in [2.05, 4.69) is 30.4 Å². The van der Waals surface area contributed by atoms with E-state index in [0.29, 0.717) is 6.04 Å². The Kier molecular flexibility index (Phi) is 3.58. The average molecular weight is 269 g/mol. The van der Waals surface area contributed by atoms with E-state index in [1.165, 1.54) is 22.8 Å². The molecule has 1 N–H and O–H groups in total. The number of fused-ring (bicyclic) bond motifs is 1. The molecule has 104 valence electrons. The second-order valence-electron chi connectivity index (χ2n) is 5.70. The van der Waals surface area contributed by atoms with Gasteiger partial charge in [-0.05, 0) is 43.9 Å². The molecule has 0 saturated heterocycles. The summed E-state index contributed by atoms with van der Waals surface area (Å²) in [7, 11) is 0. The molecule has 0 aromatic heterocycles. The Balaban J connectivity index is 1.80. The number of halogens is 1. The lowest BCUT2D eigenvalue weighted by Gasteiger charge is -2.21. The topological polar surface area (TPSA) is 12.0 Å². The molecule has 0 amide bonds. The lowest BCUT2D eigenvalue weighted by molar-refractivity contribution is 0.450. The third-order valence-corrected chi connectivity index (χ3v) is 4.20. The SMILES string of the molecule is Cc1ccc2c(c1)C(NC(C)c1ccccc1F)CC2. The van der Waals surface area contributed by atoms with Crippen molar-refractivity contribution in [1.82, 2.24) is 5.32 Å². The van der Waals surface area contributed by atoms with Crippen LogP contribution in [0.15, 0.2) is 42.5 Å². The van der Waals surface area contributed by atoms with Crippen molar-refractivity contribution in [3.8, 4) is 0 Å². The highest BCUT2D eigenvalue weighted by atomic mass is 19.1. The lowest BCUT2D eigenvalue weighted by atomic mass is 10.0. The Morgan fingerprint density at radius 1 is 1.20 bits per heavy atom. The van der Waals surface area contributed by atoms with Gasteiger partial charge in [-0.25, -0.2) is 4.39 Å². The molecule has 1 aliphatic carbocycles. The number of hydrogen-bond acceptors (Lipinski definition) is 1. The smallest absolute Gasteiger partial charge is 0.127 e. The largest absolute Gasteiger partial charge is 0.303 e. The third kappa shape index (κ3) is 2.48. The molecule has 0 radical (unpaired) electrons. The highest BCUT2D eigenvalue weighted by Crippen LogP contribution is 2.33. The first-order valence-corrected chi connectivity index (χ1v) is 7.25. The van der Waals surface area contributed by atoms with Crippen LogP contribution in [-0.4, -0.2) is 0 Å². The standard InChI is InChI=1S/C18H20FN/c1-12-7-8-14-9-10-18(16(14)11-12)20-13(2)15-5-3-4-6-17(15)19/h3-8,11,13,18,20H,9-10H2,1-2H3. The van der Waals surface area contributed by atoms with Crippen molar-refractivity contribution in [3.63, 3.8) is 0 Å². The van der Waals surface area contributed by atoms with Crippen molar-refractivity contribution >= 4 is 0 Å². The maximum Gasteiger partial charge on any atom is 0.127 e. The van der Waals surface area contributed by atoms with E-state index in [-0.39, 0.29) is 11.9 Å². The second kappa shape index (κ2) is 5.37. The van der Waals surface area contributed by atoms with Crippen LogP contribution >= 0.6 is 0 Å². The van der Waals surface area contributed by atoms with Crippen molar-refractivity contribution in [2.75, 3.05) is 0 Å². The summed E-state index contributed by atoms with van der Waals surface area (Å²) in [5.74, 6) is -0.130. The molecular weight excluding hydrogens is 249 g/mol. The van der Waals surface area contributed by atoms with Gasteiger partial charge in [-0.2, -0.15) is 0 Å². The third-order valence-electron chi connectivity index (χ3n) is 4.20. The van der Waals surface area contributed by atoms with E-state index in [4.69, 9.17) is 0 Å². The fourth-order valence-electron chi connectivity index (χ4n) is 3.11. The number of nitrogens with one attached hydrogen (secondary N) is 1. The van der Waals surface area contributed by atoms with Gasteiger partial charge < -0.3 is 5.32 Å². The molecule has 0 aliphatic heterocycles. The maximum absolute atomic E-state index is 13.8. The van der Waals surface area contributed by atoms with Crippen molar-refractivity contribution in [2.45, 2.75) is 38.8 Å². The highest BCUT2D eigenvalue weighted by molar-refractivity contribution is 5.38. The van der Waals surface area contributed by atoms with Crippen molar-refractivity contribution in [1.29, 1.82) is 0 Å². The van der Waals surface area contributed by atoms with Gasteiger partial charge in [-0.15, -0.1) is 0 Å². The van der Waals surface area contributed by atoms with Crippen LogP contribution in [0.2, 0.25) is 0 Å². The summed E-state index contributed by atoms with van der Waals surface area (Å²) in [5, 5.41) is 3.58. The molecule has 3 rings (SSSR count). The Labute approximate surface area is 119 Å². The Morgan fingerprint density at radius 3 is 2.80 bits per heavy atom. The van der Waals surface area contributed by atoms with E-state index in [9.17, 15) is 4.39 Å². The molecule has 2 heteroatoms. The summed E-state index contributed by atoms with van der Waals surface area (Å²) < 4.78 is 13.8. The predicted octanol–water partition coefficient (Wildman–Crippen LogP) is 4.47. The van der Waals surface area contributed by atoms with E-state index >= 15 is 0 Å². The molecule has 0 spiro atoms. The molecule has 20 heavy (non-hydrogen) atoms. The number of aryl methyl sites for hydroxylation is 2. The van der Waals surface area contributed by atoms with Crippen molar-refractivity contribution < 1.29 is 4.39 Å². The van der Waals surface area contributed by atoms with Gasteiger partial charge in [-0.3, -0.25) is 0 Å². The summed E-state index contributed by atoms with van der Waals surface area (Å²) in [5.41, 5.74) is 4.84. The van der Waals surface area contributed by atoms with Crippen LogP contribution in [0.4, 0.5) is 4.39 Å². The van der Waals surface area contributed by atoms with Gasteiger partial charge in [0.05, 0.1) is 0 Å². The maximum atomic E-state index is 13.8. The van der Waals surface area contributed by atoms with Gasteiger partial charge in [0.15, 0.2) is 0 Å². The van der Waals surface area contributed by atoms with Gasteiger partial charge in [0.1, 0.15) is 5.82 Å². The van der Waals surface area contributed by atoms with Gasteiger partial charge in [0.2, 0.25) is 0 Å². The molecule has 0 fully saturated rings. The molecular formula is C18H20FN. The zero-order chi connectivity index (χ0) is 14.1. The van der Waals surface area contributed by atoms with E-state index in [1.807, 2.05) is 19.1 Å². The summed E-state index contributed by atoms with van der Waals surface area (Å²) in [6, 6.07) is 14.0. The van der Waals surface area contributed by atoms with Crippen LogP contribution in [0, 0.1) is 12.7 Å². The first-order chi connectivity index (χ1) is 9.65. The van der Waals surface area contributed by atoms with Crippen molar-refractivity contribution in [2.24, 2.45) is 0 Å². The van der Waals surface area contributed by atoms with E-state index in [1.54, 1.807) is 6.07 Å². The fourth-order valence-corrected chi connectivity index (χ4v) is 3.11. The second-order valence-corrected chi connectivity index (χ2v) is 5.70. The normalized spacial score (nSPS) is 18.9. The van der Waals surface area contributed by atoms with Crippen LogP contribution in [0.3, 0.4) is 0 Å². The predicted molar refractivity (Wildman–Crippen MR) is 80.2 cm³/mol. The number of hydrogen-bond donors (Lipinski definition) is 1. The van der Waals surface area contributed by atoms with E-state index in [0.717, 1.165) is 18.4 Å². The molecule has 1 aliphatic rings. The van der Waals surface area contributed by atoms with Crippen LogP contribution in [0.5, 0.6) is 0 Å². The summed E-state index contributed by atoms with van der Waals surface area (Å²) in [6.45, 7) is 4.15. The van der Waals surface area contributed by atoms with Gasteiger partial charge in [0.25, 0.3) is 0 Å². The molecule has 0 heterocycles. The Hall–Kier alpha value is -1.67. The fraction of sp³-hybridized carbons (Fsp3) is 0.333. The molecule has 2 aromatic rings. The van der Waals surface area contributed by atoms with Crippen LogP contribution in [0.25, 0.3) is 0 Å². The molecule has 1 nitrogen and oxygen atoms in total. The summed E-state index contributed by atoms with van der Waals surface area (Å²) in [6.07, 6.45) is 2.20. The monoisotopic (exact) mass is 269 g/mol. The van der Waals surface area contributed by atoms with Crippen LogP contribution in [-0.2, 0) is 6.42 Å². The minimum atomic E-state index is -0.130. The molecule has 2 unspecified atom stereocenters. The minimum Gasteiger partial charge on any atom is -0.303 e. The minimum absolute atomic E-state index is 0.0210. The first-order valence-electron chi connectivity index (χ1n) is 7.25. The zero-order valence-corrected chi connectivity index (χ0v) is 12.0. The number of rotatable bonds is 3. The average Bonchev–Trinajstić information content (AvgIpc) is 2.82. The lowest BCUT2D eigenvalue weighted by Crippen LogP contribution is -2.23. The summed E-state index contributed by atoms with van der Waals surface area (Å²) >= 11 is 0. The van der Waals surface area contributed by atoms with Gasteiger partial charge in [-0.1, -0.05) is 42.0 Å². The van der Waals surface area contributed by atoms with Crippen LogP contribution in [0.1, 0.15) is 47.7 Å². The highest BCUT2D eigenvalue weighted by Gasteiger charge is 2.24. The van der Waals surface area contributed by atoms with Gasteiger partial charge >= 0.3 is 0 Å². The Bertz CT molecular complexity index is 621. The number of benzene rings is 2. The Morgan fingerprint density at radius 2 is 2.00 bits per heavy atom.